The maximum Gasteiger partial charge on any atom is 0.221 e. The summed E-state index contributed by atoms with van der Waals surface area (Å²) in [6.07, 6.45) is 0. The molecule has 0 bridgehead atoms. The molecule has 1 aliphatic carbocycles. The van der Waals surface area contributed by atoms with Crippen LogP contribution in [0.3, 0.4) is 0 Å². The first-order valence-electron chi connectivity index (χ1n) is 9.78. The predicted molar refractivity (Wildman–Crippen MR) is 117 cm³/mol. The maximum absolute atomic E-state index is 2.38. The number of benzene rings is 4. The van der Waals surface area contributed by atoms with Crippen molar-refractivity contribution >= 4 is 21.5 Å². The molecule has 1 heterocycles. The smallest absolute Gasteiger partial charge is 0.194 e. The molecule has 0 N–H and O–H groups in total. The zero-order valence-corrected chi connectivity index (χ0v) is 16.0. The number of hydrogen-bond donors (Lipinski definition) is 0. The number of aromatic nitrogens is 1. The summed E-state index contributed by atoms with van der Waals surface area (Å²) in [7, 11) is 2.20. The van der Waals surface area contributed by atoms with Crippen molar-refractivity contribution in [3.63, 3.8) is 0 Å². The van der Waals surface area contributed by atoms with Crippen molar-refractivity contribution in [2.24, 2.45) is 7.05 Å². The Morgan fingerprint density at radius 3 is 2.04 bits per heavy atom. The molecule has 1 aromatic heterocycles. The lowest BCUT2D eigenvalue weighted by molar-refractivity contribution is -0.648. The quantitative estimate of drug-likeness (QED) is 0.298. The van der Waals surface area contributed by atoms with Crippen LogP contribution in [0.15, 0.2) is 84.9 Å². The Bertz CT molecular complexity index is 1420. The van der Waals surface area contributed by atoms with Gasteiger partial charge in [0.15, 0.2) is 0 Å². The summed E-state index contributed by atoms with van der Waals surface area (Å²) in [4.78, 5) is 0. The second-order valence-corrected chi connectivity index (χ2v) is 7.76. The van der Waals surface area contributed by atoms with Crippen LogP contribution in [0.2, 0.25) is 0 Å². The monoisotopic (exact) mass is 358 g/mol. The van der Waals surface area contributed by atoms with Gasteiger partial charge >= 0.3 is 0 Å². The lowest BCUT2D eigenvalue weighted by Gasteiger charge is -2.10. The average Bonchev–Trinajstić information content (AvgIpc) is 3.05. The van der Waals surface area contributed by atoms with E-state index in [0.717, 1.165) is 0 Å². The molecule has 0 radical (unpaired) electrons. The van der Waals surface area contributed by atoms with Gasteiger partial charge in [0, 0.05) is 17.0 Å². The van der Waals surface area contributed by atoms with Gasteiger partial charge < -0.3 is 0 Å². The van der Waals surface area contributed by atoms with Gasteiger partial charge in [-0.15, -0.1) is 0 Å². The van der Waals surface area contributed by atoms with Crippen molar-refractivity contribution in [3.05, 3.63) is 90.5 Å². The molecule has 1 nitrogen and oxygen atoms in total. The first-order valence-corrected chi connectivity index (χ1v) is 9.78. The summed E-state index contributed by atoms with van der Waals surface area (Å²) in [6, 6.07) is 31.1. The molecule has 0 amide bonds. The van der Waals surface area contributed by atoms with Gasteiger partial charge in [-0.1, -0.05) is 60.7 Å². The van der Waals surface area contributed by atoms with E-state index in [9.17, 15) is 0 Å². The van der Waals surface area contributed by atoms with Gasteiger partial charge in [0.1, 0.15) is 7.05 Å². The maximum atomic E-state index is 2.38. The van der Waals surface area contributed by atoms with E-state index in [-0.39, 0.29) is 0 Å². The third-order valence-corrected chi connectivity index (χ3v) is 6.18. The number of aryl methyl sites for hydroxylation is 1. The van der Waals surface area contributed by atoms with E-state index in [1.807, 2.05) is 0 Å². The fraction of sp³-hybridized carbons (Fsp3) is 0.0741. The van der Waals surface area contributed by atoms with Gasteiger partial charge in [-0.25, -0.2) is 0 Å². The largest absolute Gasteiger partial charge is 0.221 e. The molecule has 6 rings (SSSR count). The van der Waals surface area contributed by atoms with E-state index in [2.05, 4.69) is 103 Å². The molecule has 0 saturated carbocycles. The third kappa shape index (κ3) is 1.99. The highest BCUT2D eigenvalue weighted by Gasteiger charge is 2.30. The van der Waals surface area contributed by atoms with Gasteiger partial charge in [0.2, 0.25) is 11.4 Å². The molecule has 0 atom stereocenters. The zero-order valence-electron chi connectivity index (χ0n) is 16.0. The number of fused-ring (bicyclic) bond motifs is 4. The van der Waals surface area contributed by atoms with Crippen LogP contribution in [-0.2, 0) is 7.05 Å². The minimum atomic E-state index is 1.26. The molecule has 0 aliphatic heterocycles. The minimum Gasteiger partial charge on any atom is -0.194 e. The molecular weight excluding hydrogens is 338 g/mol. The SMILES string of the molecule is Cc1cc2ccccc2cc1-c1ccc2c([n+]1C)-c1cccc3cccc-2c13. The van der Waals surface area contributed by atoms with Crippen LogP contribution < -0.4 is 4.57 Å². The van der Waals surface area contributed by atoms with Gasteiger partial charge in [-0.05, 0) is 52.4 Å². The molecule has 5 aromatic rings. The van der Waals surface area contributed by atoms with E-state index >= 15 is 0 Å². The predicted octanol–water partition coefficient (Wildman–Crippen LogP) is 6.44. The molecule has 0 spiro atoms. The molecule has 28 heavy (non-hydrogen) atoms. The van der Waals surface area contributed by atoms with Gasteiger partial charge in [0.25, 0.3) is 0 Å². The second-order valence-electron chi connectivity index (χ2n) is 7.76. The van der Waals surface area contributed by atoms with Crippen molar-refractivity contribution in [2.45, 2.75) is 6.92 Å². The van der Waals surface area contributed by atoms with E-state index in [0.29, 0.717) is 0 Å². The first kappa shape index (κ1) is 15.6. The Labute approximate surface area is 164 Å². The van der Waals surface area contributed by atoms with Crippen molar-refractivity contribution in [2.75, 3.05) is 0 Å². The summed E-state index contributed by atoms with van der Waals surface area (Å²) >= 11 is 0. The normalized spacial score (nSPS) is 11.9. The number of pyridine rings is 1. The van der Waals surface area contributed by atoms with Crippen LogP contribution in [0.1, 0.15) is 5.56 Å². The summed E-state index contributed by atoms with van der Waals surface area (Å²) < 4.78 is 2.38. The molecule has 0 unspecified atom stereocenters. The van der Waals surface area contributed by atoms with Crippen molar-refractivity contribution in [1.82, 2.24) is 0 Å². The van der Waals surface area contributed by atoms with E-state index in [1.54, 1.807) is 0 Å². The zero-order chi connectivity index (χ0) is 18.8. The highest BCUT2D eigenvalue weighted by atomic mass is 15.0. The molecule has 4 aromatic carbocycles. The Kier molecular flexibility index (Phi) is 3.08. The molecule has 1 aliphatic rings. The second kappa shape index (κ2) is 5.53. The Morgan fingerprint density at radius 2 is 1.25 bits per heavy atom. The minimum absolute atomic E-state index is 1.26. The lowest BCUT2D eigenvalue weighted by Crippen LogP contribution is -2.34. The molecular formula is C27H20N+. The highest BCUT2D eigenvalue weighted by Crippen LogP contribution is 2.46. The van der Waals surface area contributed by atoms with Crippen molar-refractivity contribution in [1.29, 1.82) is 0 Å². The summed E-state index contributed by atoms with van der Waals surface area (Å²) in [6.45, 7) is 2.21. The first-order chi connectivity index (χ1) is 13.7. The average molecular weight is 358 g/mol. The highest BCUT2D eigenvalue weighted by molar-refractivity contribution is 6.13. The lowest BCUT2D eigenvalue weighted by atomic mass is 9.98. The topological polar surface area (TPSA) is 3.88 Å². The van der Waals surface area contributed by atoms with E-state index in [1.165, 1.54) is 60.8 Å². The number of hydrogen-bond acceptors (Lipinski definition) is 0. The van der Waals surface area contributed by atoms with Crippen LogP contribution in [0, 0.1) is 6.92 Å². The number of nitrogens with zero attached hydrogens (tertiary/aromatic N) is 1. The number of rotatable bonds is 1. The molecule has 1 heteroatoms. The van der Waals surface area contributed by atoms with Gasteiger partial charge in [0.05, 0.1) is 11.1 Å². The van der Waals surface area contributed by atoms with Gasteiger partial charge in [-0.2, -0.15) is 4.57 Å². The van der Waals surface area contributed by atoms with Crippen LogP contribution in [0.5, 0.6) is 0 Å². The summed E-state index contributed by atoms with van der Waals surface area (Å²) in [5.74, 6) is 0. The fourth-order valence-electron chi connectivity index (χ4n) is 4.86. The molecule has 0 fully saturated rings. The van der Waals surface area contributed by atoms with Crippen LogP contribution >= 0.6 is 0 Å². The van der Waals surface area contributed by atoms with Crippen LogP contribution in [-0.4, -0.2) is 0 Å². The standard InChI is InChI=1S/C27H20N/c1-17-15-19-7-3-4-8-20(19)16-24(17)25-14-13-22-21-11-5-9-18-10-6-12-23(26(18)21)27(22)28(25)2/h3-16H,1-2H3/q+1. The van der Waals surface area contributed by atoms with Gasteiger partial charge in [-0.3, -0.25) is 0 Å². The summed E-state index contributed by atoms with van der Waals surface area (Å²) in [5.41, 5.74) is 9.20. The Balaban J connectivity index is 1.66. The van der Waals surface area contributed by atoms with Crippen LogP contribution in [0.4, 0.5) is 0 Å². The Morgan fingerprint density at radius 1 is 0.571 bits per heavy atom. The van der Waals surface area contributed by atoms with Crippen molar-refractivity contribution < 1.29 is 4.57 Å². The van der Waals surface area contributed by atoms with E-state index in [4.69, 9.17) is 0 Å². The third-order valence-electron chi connectivity index (χ3n) is 6.18. The van der Waals surface area contributed by atoms with Crippen molar-refractivity contribution in [3.8, 4) is 33.6 Å². The summed E-state index contributed by atoms with van der Waals surface area (Å²) in [5, 5.41) is 5.27. The van der Waals surface area contributed by atoms with E-state index < -0.39 is 0 Å². The van der Waals surface area contributed by atoms with Crippen LogP contribution in [0.25, 0.3) is 55.2 Å². The fourth-order valence-corrected chi connectivity index (χ4v) is 4.86. The molecule has 0 saturated heterocycles. The molecule has 132 valence electrons. The Hall–Kier alpha value is -3.45.